The molecule has 2 heterocycles. The highest BCUT2D eigenvalue weighted by atomic mass is 16.5. The Labute approximate surface area is 165 Å². The first kappa shape index (κ1) is 18.6. The molecule has 2 aromatic carbocycles. The molecule has 0 amide bonds. The van der Waals surface area contributed by atoms with Gasteiger partial charge in [0.1, 0.15) is 17.2 Å². The number of phenolic OH excluding ortho intramolecular Hbond substituents is 1. The second-order valence-corrected chi connectivity index (χ2v) is 7.64. The molecule has 28 heavy (non-hydrogen) atoms. The quantitative estimate of drug-likeness (QED) is 0.805. The second kappa shape index (κ2) is 7.68. The summed E-state index contributed by atoms with van der Waals surface area (Å²) in [5.41, 5.74) is 2.06. The van der Waals surface area contributed by atoms with Crippen molar-refractivity contribution in [3.63, 3.8) is 0 Å². The van der Waals surface area contributed by atoms with E-state index < -0.39 is 0 Å². The SMILES string of the molecule is COc1ccc(/C=C2\Oc3c(ccc(O)c3CN3CCC[C@H](C)C3)C2=O)cc1. The molecule has 5 nitrogen and oxygen atoms in total. The molecule has 1 fully saturated rings. The van der Waals surface area contributed by atoms with Crippen molar-refractivity contribution in [3.05, 3.63) is 58.8 Å². The Morgan fingerprint density at radius 3 is 2.75 bits per heavy atom. The summed E-state index contributed by atoms with van der Waals surface area (Å²) in [5.74, 6) is 2.18. The van der Waals surface area contributed by atoms with Crippen molar-refractivity contribution in [1.29, 1.82) is 0 Å². The van der Waals surface area contributed by atoms with E-state index >= 15 is 0 Å². The smallest absolute Gasteiger partial charge is 0.231 e. The minimum atomic E-state index is -0.154. The molecule has 146 valence electrons. The van der Waals surface area contributed by atoms with Crippen LogP contribution in [-0.4, -0.2) is 36.0 Å². The summed E-state index contributed by atoms with van der Waals surface area (Å²) in [6.45, 7) is 4.82. The van der Waals surface area contributed by atoms with Crippen molar-refractivity contribution in [2.24, 2.45) is 5.92 Å². The number of nitrogens with zero attached hydrogens (tertiary/aromatic N) is 1. The summed E-state index contributed by atoms with van der Waals surface area (Å²) in [6.07, 6.45) is 4.12. The predicted molar refractivity (Wildman–Crippen MR) is 108 cm³/mol. The molecule has 0 spiro atoms. The largest absolute Gasteiger partial charge is 0.507 e. The molecule has 4 rings (SSSR count). The maximum absolute atomic E-state index is 12.8. The highest BCUT2D eigenvalue weighted by Gasteiger charge is 2.32. The lowest BCUT2D eigenvalue weighted by molar-refractivity contribution is 0.101. The molecule has 0 bridgehead atoms. The van der Waals surface area contributed by atoms with Gasteiger partial charge in [0, 0.05) is 13.1 Å². The molecule has 0 aromatic heterocycles. The lowest BCUT2D eigenvalue weighted by Gasteiger charge is -2.31. The lowest BCUT2D eigenvalue weighted by atomic mass is 9.99. The van der Waals surface area contributed by atoms with Crippen molar-refractivity contribution in [2.75, 3.05) is 20.2 Å². The Morgan fingerprint density at radius 2 is 2.04 bits per heavy atom. The number of rotatable bonds is 4. The third-order valence-corrected chi connectivity index (χ3v) is 5.45. The van der Waals surface area contributed by atoms with Crippen molar-refractivity contribution in [2.45, 2.75) is 26.3 Å². The monoisotopic (exact) mass is 379 g/mol. The zero-order valence-corrected chi connectivity index (χ0v) is 16.3. The van der Waals surface area contributed by atoms with Crippen LogP contribution in [0, 0.1) is 5.92 Å². The zero-order valence-electron chi connectivity index (χ0n) is 16.3. The Kier molecular flexibility index (Phi) is 5.09. The number of carbonyl (C=O) groups is 1. The molecule has 5 heteroatoms. The van der Waals surface area contributed by atoms with E-state index in [1.165, 1.54) is 6.42 Å². The van der Waals surface area contributed by atoms with E-state index in [9.17, 15) is 9.90 Å². The molecule has 1 N–H and O–H groups in total. The molecule has 2 aromatic rings. The van der Waals surface area contributed by atoms with E-state index in [2.05, 4.69) is 11.8 Å². The molecule has 0 unspecified atom stereocenters. The van der Waals surface area contributed by atoms with Gasteiger partial charge in [-0.25, -0.2) is 0 Å². The van der Waals surface area contributed by atoms with Gasteiger partial charge in [-0.1, -0.05) is 19.1 Å². The number of allylic oxidation sites excluding steroid dienone is 1. The molecular formula is C23H25NO4. The van der Waals surface area contributed by atoms with E-state index in [4.69, 9.17) is 9.47 Å². The average Bonchev–Trinajstić information content (AvgIpc) is 3.01. The lowest BCUT2D eigenvalue weighted by Crippen LogP contribution is -2.33. The first-order chi connectivity index (χ1) is 13.5. The summed E-state index contributed by atoms with van der Waals surface area (Å²) in [6, 6.07) is 10.7. The number of fused-ring (bicyclic) bond motifs is 1. The van der Waals surface area contributed by atoms with Gasteiger partial charge in [0.05, 0.1) is 18.2 Å². The number of phenols is 1. The van der Waals surface area contributed by atoms with E-state index in [1.54, 1.807) is 25.3 Å². The zero-order chi connectivity index (χ0) is 19.7. The van der Waals surface area contributed by atoms with Crippen LogP contribution in [-0.2, 0) is 6.54 Å². The van der Waals surface area contributed by atoms with Gasteiger partial charge in [0.15, 0.2) is 5.76 Å². The number of piperidine rings is 1. The summed E-state index contributed by atoms with van der Waals surface area (Å²) >= 11 is 0. The number of Topliss-reactive ketones (excluding diaryl/α,β-unsaturated/α-hetero) is 1. The topological polar surface area (TPSA) is 59.0 Å². The van der Waals surface area contributed by atoms with Crippen LogP contribution in [0.15, 0.2) is 42.2 Å². The third kappa shape index (κ3) is 3.62. The van der Waals surface area contributed by atoms with Crippen molar-refractivity contribution < 1.29 is 19.4 Å². The highest BCUT2D eigenvalue weighted by Crippen LogP contribution is 2.40. The van der Waals surface area contributed by atoms with Crippen LogP contribution in [0.4, 0.5) is 0 Å². The number of benzene rings is 2. The number of hydrogen-bond donors (Lipinski definition) is 1. The van der Waals surface area contributed by atoms with Gasteiger partial charge in [-0.2, -0.15) is 0 Å². The van der Waals surface area contributed by atoms with Crippen LogP contribution in [0.3, 0.4) is 0 Å². The maximum Gasteiger partial charge on any atom is 0.231 e. The fraction of sp³-hybridized carbons (Fsp3) is 0.348. The van der Waals surface area contributed by atoms with Gasteiger partial charge in [-0.15, -0.1) is 0 Å². The molecule has 0 radical (unpaired) electrons. The van der Waals surface area contributed by atoms with Crippen LogP contribution in [0.25, 0.3) is 6.08 Å². The van der Waals surface area contributed by atoms with Gasteiger partial charge < -0.3 is 14.6 Å². The standard InChI is InChI=1S/C23H25NO4/c1-15-4-3-11-24(13-15)14-19-20(25)10-9-18-22(26)21(28-23(18)19)12-16-5-7-17(27-2)8-6-16/h5-10,12,15,25H,3-4,11,13-14H2,1-2H3/b21-12-/t15-/m0/s1. The molecule has 0 saturated carbocycles. The van der Waals surface area contributed by atoms with Crippen LogP contribution in [0.2, 0.25) is 0 Å². The third-order valence-electron chi connectivity index (χ3n) is 5.45. The van der Waals surface area contributed by atoms with E-state index in [0.717, 1.165) is 30.8 Å². The maximum atomic E-state index is 12.8. The summed E-state index contributed by atoms with van der Waals surface area (Å²) in [4.78, 5) is 15.1. The highest BCUT2D eigenvalue weighted by molar-refractivity contribution is 6.15. The van der Waals surface area contributed by atoms with Gasteiger partial charge in [-0.05, 0) is 61.2 Å². The number of methoxy groups -OCH3 is 1. The molecule has 1 saturated heterocycles. The van der Waals surface area contributed by atoms with Gasteiger partial charge in [0.25, 0.3) is 0 Å². The van der Waals surface area contributed by atoms with E-state index in [1.807, 2.05) is 24.3 Å². The Morgan fingerprint density at radius 1 is 1.25 bits per heavy atom. The molecular weight excluding hydrogens is 354 g/mol. The fourth-order valence-electron chi connectivity index (χ4n) is 3.96. The number of ether oxygens (including phenoxy) is 2. The van der Waals surface area contributed by atoms with Crippen LogP contribution in [0.5, 0.6) is 17.2 Å². The normalized spacial score (nSPS) is 20.9. The van der Waals surface area contributed by atoms with Gasteiger partial charge in [-0.3, -0.25) is 9.69 Å². The Balaban J connectivity index is 1.61. The van der Waals surface area contributed by atoms with E-state index in [0.29, 0.717) is 29.3 Å². The fourth-order valence-corrected chi connectivity index (χ4v) is 3.96. The number of aromatic hydroxyl groups is 1. The number of likely N-dealkylation sites (tertiary alicyclic amines) is 1. The minimum absolute atomic E-state index is 0.154. The number of hydrogen-bond acceptors (Lipinski definition) is 5. The summed E-state index contributed by atoms with van der Waals surface area (Å²) in [5, 5.41) is 10.4. The summed E-state index contributed by atoms with van der Waals surface area (Å²) in [7, 11) is 1.62. The van der Waals surface area contributed by atoms with Crippen molar-refractivity contribution >= 4 is 11.9 Å². The molecule has 2 aliphatic heterocycles. The summed E-state index contributed by atoms with van der Waals surface area (Å²) < 4.78 is 11.1. The first-order valence-electron chi connectivity index (χ1n) is 9.70. The average molecular weight is 379 g/mol. The minimum Gasteiger partial charge on any atom is -0.507 e. The molecule has 2 aliphatic rings. The van der Waals surface area contributed by atoms with Crippen molar-refractivity contribution in [1.82, 2.24) is 4.90 Å². The molecule has 1 atom stereocenters. The van der Waals surface area contributed by atoms with Crippen molar-refractivity contribution in [3.8, 4) is 17.2 Å². The Hall–Kier alpha value is -2.79. The van der Waals surface area contributed by atoms with Crippen LogP contribution < -0.4 is 9.47 Å². The Bertz CT molecular complexity index is 917. The molecule has 0 aliphatic carbocycles. The van der Waals surface area contributed by atoms with Gasteiger partial charge >= 0.3 is 0 Å². The predicted octanol–water partition coefficient (Wildman–Crippen LogP) is 4.25. The van der Waals surface area contributed by atoms with E-state index in [-0.39, 0.29) is 17.3 Å². The van der Waals surface area contributed by atoms with Gasteiger partial charge in [0.2, 0.25) is 5.78 Å². The van der Waals surface area contributed by atoms with Crippen LogP contribution in [0.1, 0.15) is 41.3 Å². The van der Waals surface area contributed by atoms with Crippen LogP contribution >= 0.6 is 0 Å². The number of ketones is 1. The second-order valence-electron chi connectivity index (χ2n) is 7.64. The number of carbonyl (C=O) groups excluding carboxylic acids is 1. The first-order valence-corrected chi connectivity index (χ1v) is 9.70.